The van der Waals surface area contributed by atoms with E-state index in [-0.39, 0.29) is 5.41 Å². The molecule has 0 radical (unpaired) electrons. The first kappa shape index (κ1) is 8.99. The zero-order valence-corrected chi connectivity index (χ0v) is 8.44. The van der Waals surface area contributed by atoms with Gasteiger partial charge in [0, 0.05) is 5.41 Å². The van der Waals surface area contributed by atoms with Crippen molar-refractivity contribution in [3.05, 3.63) is 24.2 Å². The lowest BCUT2D eigenvalue weighted by Gasteiger charge is -2.10. The van der Waals surface area contributed by atoms with Gasteiger partial charge in [-0.3, -0.25) is 0 Å². The van der Waals surface area contributed by atoms with E-state index in [1.165, 1.54) is 0 Å². The zero-order chi connectivity index (χ0) is 10.2. The third kappa shape index (κ3) is 1.55. The third-order valence-electron chi connectivity index (χ3n) is 1.83. The molecule has 0 atom stereocenters. The average Bonchev–Trinajstić information content (AvgIpc) is 2.73. The van der Waals surface area contributed by atoms with Crippen molar-refractivity contribution in [2.24, 2.45) is 0 Å². The Morgan fingerprint density at radius 3 is 2.57 bits per heavy atom. The predicted octanol–water partition coefficient (Wildman–Crippen LogP) is 2.63. The van der Waals surface area contributed by atoms with Gasteiger partial charge in [0.2, 0.25) is 0 Å². The molecule has 2 aromatic heterocycles. The van der Waals surface area contributed by atoms with Gasteiger partial charge in [0.1, 0.15) is 0 Å². The summed E-state index contributed by atoms with van der Waals surface area (Å²) in [5, 5.41) is 3.90. The number of hydrogen-bond donors (Lipinski definition) is 0. The van der Waals surface area contributed by atoms with Crippen LogP contribution in [-0.4, -0.2) is 10.1 Å². The second-order valence-electron chi connectivity index (χ2n) is 4.15. The van der Waals surface area contributed by atoms with Crippen molar-refractivity contribution in [1.29, 1.82) is 0 Å². The van der Waals surface area contributed by atoms with Crippen LogP contribution in [0.15, 0.2) is 27.3 Å². The molecule has 0 N–H and O–H groups in total. The molecule has 0 unspecified atom stereocenters. The van der Waals surface area contributed by atoms with Crippen LogP contribution in [-0.2, 0) is 5.41 Å². The molecular formula is C10H12N2O2. The first-order valence-corrected chi connectivity index (χ1v) is 4.45. The molecule has 4 heteroatoms. The molecule has 4 nitrogen and oxygen atoms in total. The number of furan rings is 1. The molecule has 74 valence electrons. The minimum atomic E-state index is -0.103. The smallest absolute Gasteiger partial charge is 0.293 e. The van der Waals surface area contributed by atoms with Gasteiger partial charge < -0.3 is 8.94 Å². The van der Waals surface area contributed by atoms with Gasteiger partial charge in [0.15, 0.2) is 11.6 Å². The minimum Gasteiger partial charge on any atom is -0.459 e. The van der Waals surface area contributed by atoms with Crippen LogP contribution in [0.4, 0.5) is 0 Å². The molecule has 0 aromatic carbocycles. The lowest BCUT2D eigenvalue weighted by atomic mass is 9.96. The summed E-state index contributed by atoms with van der Waals surface area (Å²) in [5.74, 6) is 1.72. The Bertz CT molecular complexity index is 410. The molecule has 0 fully saturated rings. The van der Waals surface area contributed by atoms with E-state index in [0.29, 0.717) is 17.5 Å². The normalized spacial score (nSPS) is 11.9. The molecule has 0 aliphatic heterocycles. The number of aromatic nitrogens is 2. The summed E-state index contributed by atoms with van der Waals surface area (Å²) in [7, 11) is 0. The summed E-state index contributed by atoms with van der Waals surface area (Å²) in [4.78, 5) is 4.25. The van der Waals surface area contributed by atoms with Crippen LogP contribution in [0.2, 0.25) is 0 Å². The summed E-state index contributed by atoms with van der Waals surface area (Å²) < 4.78 is 10.2. The first-order chi connectivity index (χ1) is 6.57. The Morgan fingerprint density at radius 1 is 1.29 bits per heavy atom. The Morgan fingerprint density at radius 2 is 2.07 bits per heavy atom. The molecule has 0 amide bonds. The molecule has 14 heavy (non-hydrogen) atoms. The maximum absolute atomic E-state index is 5.15. The topological polar surface area (TPSA) is 52.1 Å². The maximum Gasteiger partial charge on any atom is 0.293 e. The fourth-order valence-electron chi connectivity index (χ4n) is 1.03. The fourth-order valence-corrected chi connectivity index (χ4v) is 1.03. The Kier molecular flexibility index (Phi) is 1.91. The van der Waals surface area contributed by atoms with Crippen molar-refractivity contribution in [1.82, 2.24) is 10.1 Å². The van der Waals surface area contributed by atoms with Gasteiger partial charge in [-0.05, 0) is 12.1 Å². The Hall–Kier alpha value is -1.58. The van der Waals surface area contributed by atoms with Gasteiger partial charge in [-0.25, -0.2) is 0 Å². The van der Waals surface area contributed by atoms with Crippen LogP contribution in [0.1, 0.15) is 26.6 Å². The van der Waals surface area contributed by atoms with Crippen LogP contribution in [0.25, 0.3) is 11.7 Å². The van der Waals surface area contributed by atoms with Gasteiger partial charge >= 0.3 is 0 Å². The van der Waals surface area contributed by atoms with Gasteiger partial charge in [-0.15, -0.1) is 0 Å². The largest absolute Gasteiger partial charge is 0.459 e. The van der Waals surface area contributed by atoms with Crippen molar-refractivity contribution < 1.29 is 8.94 Å². The first-order valence-electron chi connectivity index (χ1n) is 4.45. The second kappa shape index (κ2) is 2.97. The van der Waals surface area contributed by atoms with E-state index in [0.717, 1.165) is 0 Å². The van der Waals surface area contributed by atoms with E-state index in [9.17, 15) is 0 Å². The van der Waals surface area contributed by atoms with Crippen LogP contribution in [0.5, 0.6) is 0 Å². The van der Waals surface area contributed by atoms with E-state index in [1.54, 1.807) is 18.4 Å². The maximum atomic E-state index is 5.15. The Labute approximate surface area is 81.9 Å². The SMILES string of the molecule is CC(C)(C)c1noc(-c2ccco2)n1. The summed E-state index contributed by atoms with van der Waals surface area (Å²) in [6.45, 7) is 6.09. The van der Waals surface area contributed by atoms with Crippen molar-refractivity contribution in [3.63, 3.8) is 0 Å². The zero-order valence-electron chi connectivity index (χ0n) is 8.44. The second-order valence-corrected chi connectivity index (χ2v) is 4.15. The minimum absolute atomic E-state index is 0.103. The standard InChI is InChI=1S/C10H12N2O2/c1-10(2,3)9-11-8(14-12-9)7-5-4-6-13-7/h4-6H,1-3H3. The van der Waals surface area contributed by atoms with Crippen LogP contribution >= 0.6 is 0 Å². The summed E-state index contributed by atoms with van der Waals surface area (Å²) >= 11 is 0. The average molecular weight is 192 g/mol. The fraction of sp³-hybridized carbons (Fsp3) is 0.400. The molecule has 0 aliphatic rings. The Balaban J connectivity index is 2.36. The molecule has 0 saturated heterocycles. The summed E-state index contributed by atoms with van der Waals surface area (Å²) in [5.41, 5.74) is -0.103. The van der Waals surface area contributed by atoms with Gasteiger partial charge in [0.05, 0.1) is 6.26 Å². The molecule has 2 heterocycles. The van der Waals surface area contributed by atoms with E-state index in [1.807, 2.05) is 20.8 Å². The quantitative estimate of drug-likeness (QED) is 0.696. The highest BCUT2D eigenvalue weighted by Crippen LogP contribution is 2.23. The molecule has 2 aromatic rings. The van der Waals surface area contributed by atoms with E-state index in [4.69, 9.17) is 8.94 Å². The van der Waals surface area contributed by atoms with Crippen LogP contribution in [0, 0.1) is 0 Å². The summed E-state index contributed by atoms with van der Waals surface area (Å²) in [6, 6.07) is 3.58. The molecule has 0 bridgehead atoms. The van der Waals surface area contributed by atoms with Crippen molar-refractivity contribution >= 4 is 0 Å². The van der Waals surface area contributed by atoms with E-state index >= 15 is 0 Å². The van der Waals surface area contributed by atoms with Crippen molar-refractivity contribution in [2.45, 2.75) is 26.2 Å². The highest BCUT2D eigenvalue weighted by molar-refractivity contribution is 5.43. The number of nitrogens with zero attached hydrogens (tertiary/aromatic N) is 2. The lowest BCUT2D eigenvalue weighted by molar-refractivity contribution is 0.393. The van der Waals surface area contributed by atoms with Gasteiger partial charge in [0.25, 0.3) is 5.89 Å². The van der Waals surface area contributed by atoms with Crippen LogP contribution in [0.3, 0.4) is 0 Å². The number of hydrogen-bond acceptors (Lipinski definition) is 4. The van der Waals surface area contributed by atoms with Crippen molar-refractivity contribution in [2.75, 3.05) is 0 Å². The monoisotopic (exact) mass is 192 g/mol. The lowest BCUT2D eigenvalue weighted by Crippen LogP contribution is -2.13. The van der Waals surface area contributed by atoms with E-state index in [2.05, 4.69) is 10.1 Å². The molecular weight excluding hydrogens is 180 g/mol. The molecule has 0 saturated carbocycles. The molecule has 0 spiro atoms. The van der Waals surface area contributed by atoms with Gasteiger partial charge in [-0.1, -0.05) is 25.9 Å². The molecule has 0 aliphatic carbocycles. The van der Waals surface area contributed by atoms with Gasteiger partial charge in [-0.2, -0.15) is 4.98 Å². The van der Waals surface area contributed by atoms with Crippen molar-refractivity contribution in [3.8, 4) is 11.7 Å². The van der Waals surface area contributed by atoms with E-state index < -0.39 is 0 Å². The predicted molar refractivity (Wildman–Crippen MR) is 50.7 cm³/mol. The van der Waals surface area contributed by atoms with Crippen LogP contribution < -0.4 is 0 Å². The highest BCUT2D eigenvalue weighted by Gasteiger charge is 2.22. The third-order valence-corrected chi connectivity index (χ3v) is 1.83. The summed E-state index contributed by atoms with van der Waals surface area (Å²) in [6.07, 6.45) is 1.58. The molecule has 2 rings (SSSR count). The highest BCUT2D eigenvalue weighted by atomic mass is 16.5. The number of rotatable bonds is 1.